The summed E-state index contributed by atoms with van der Waals surface area (Å²) in [4.78, 5) is 23.3. The summed E-state index contributed by atoms with van der Waals surface area (Å²) in [5.74, 6) is 0.726. The summed E-state index contributed by atoms with van der Waals surface area (Å²) < 4.78 is 5.18. The van der Waals surface area contributed by atoms with Crippen molar-refractivity contribution < 1.29 is 9.53 Å². The minimum atomic E-state index is -0.101. The molecule has 5 nitrogen and oxygen atoms in total. The molecule has 0 saturated carbocycles. The lowest BCUT2D eigenvalue weighted by molar-refractivity contribution is -0.148. The number of aromatic nitrogens is 2. The largest absolute Gasteiger partial charge is 0.466 e. The number of ether oxygens (including phenoxy) is 1. The Morgan fingerprint density at radius 1 is 1.14 bits per heavy atom. The van der Waals surface area contributed by atoms with E-state index in [2.05, 4.69) is 14.9 Å². The number of nitrogens with zero attached hydrogens (tertiary/aromatic N) is 3. The molecule has 1 aliphatic heterocycles. The Balaban J connectivity index is 1.71. The Labute approximate surface area is 179 Å². The van der Waals surface area contributed by atoms with Gasteiger partial charge in [-0.15, -0.1) is 0 Å². The van der Waals surface area contributed by atoms with E-state index in [1.165, 1.54) is 0 Å². The van der Waals surface area contributed by atoms with Gasteiger partial charge in [-0.2, -0.15) is 0 Å². The van der Waals surface area contributed by atoms with E-state index in [-0.39, 0.29) is 11.9 Å². The van der Waals surface area contributed by atoms with Gasteiger partial charge >= 0.3 is 5.97 Å². The first-order valence-corrected chi connectivity index (χ1v) is 10.4. The number of hydrogen-bond donors (Lipinski definition) is 0. The quantitative estimate of drug-likeness (QED) is 0.520. The Bertz CT molecular complexity index is 1040. The van der Waals surface area contributed by atoms with Crippen molar-refractivity contribution >= 4 is 45.9 Å². The summed E-state index contributed by atoms with van der Waals surface area (Å²) in [6.07, 6.45) is 3.09. The summed E-state index contributed by atoms with van der Waals surface area (Å²) in [5, 5.41) is 2.01. The predicted molar refractivity (Wildman–Crippen MR) is 117 cm³/mol. The Morgan fingerprint density at radius 2 is 1.93 bits per heavy atom. The van der Waals surface area contributed by atoms with Crippen LogP contribution in [0.1, 0.15) is 19.8 Å². The molecule has 0 aliphatic carbocycles. The second-order valence-corrected chi connectivity index (χ2v) is 7.85. The highest BCUT2D eigenvalue weighted by Gasteiger charge is 2.28. The van der Waals surface area contributed by atoms with Crippen molar-refractivity contribution in [1.29, 1.82) is 0 Å². The Hall–Kier alpha value is -2.37. The molecule has 150 valence electrons. The average molecular weight is 430 g/mol. The normalized spacial score (nSPS) is 14.9. The van der Waals surface area contributed by atoms with Crippen molar-refractivity contribution in [2.45, 2.75) is 19.8 Å². The van der Waals surface area contributed by atoms with E-state index in [4.69, 9.17) is 27.9 Å². The Kier molecular flexibility index (Phi) is 5.88. The van der Waals surface area contributed by atoms with Crippen molar-refractivity contribution in [3.63, 3.8) is 0 Å². The Morgan fingerprint density at radius 3 is 2.66 bits per heavy atom. The van der Waals surface area contributed by atoms with E-state index in [1.54, 1.807) is 12.4 Å². The number of fused-ring (bicyclic) bond motifs is 1. The highest BCUT2D eigenvalue weighted by Crippen LogP contribution is 2.37. The lowest BCUT2D eigenvalue weighted by Gasteiger charge is -2.32. The van der Waals surface area contributed by atoms with Gasteiger partial charge in [0.2, 0.25) is 0 Å². The van der Waals surface area contributed by atoms with Crippen molar-refractivity contribution in [1.82, 2.24) is 9.97 Å². The zero-order valence-corrected chi connectivity index (χ0v) is 17.6. The van der Waals surface area contributed by atoms with Crippen molar-refractivity contribution in [2.24, 2.45) is 5.92 Å². The molecule has 3 aromatic rings. The number of hydrogen-bond acceptors (Lipinski definition) is 5. The third-order valence-electron chi connectivity index (χ3n) is 5.29. The first-order chi connectivity index (χ1) is 14.1. The van der Waals surface area contributed by atoms with Crippen LogP contribution >= 0.6 is 23.2 Å². The fourth-order valence-corrected chi connectivity index (χ4v) is 4.12. The number of halogens is 2. The summed E-state index contributed by atoms with van der Waals surface area (Å²) in [6.45, 7) is 3.74. The van der Waals surface area contributed by atoms with Crippen LogP contribution in [0.5, 0.6) is 0 Å². The molecule has 0 N–H and O–H groups in total. The number of piperidine rings is 1. The molecular formula is C22H21Cl2N3O2. The summed E-state index contributed by atoms with van der Waals surface area (Å²) >= 11 is 12.4. The van der Waals surface area contributed by atoms with Crippen LogP contribution in [0.3, 0.4) is 0 Å². The fourth-order valence-electron chi connectivity index (χ4n) is 3.82. The molecular weight excluding hydrogens is 409 g/mol. The molecule has 1 fully saturated rings. The minimum absolute atomic E-state index is 0.0474. The second-order valence-electron chi connectivity index (χ2n) is 7.04. The van der Waals surface area contributed by atoms with Gasteiger partial charge in [-0.1, -0.05) is 41.4 Å². The van der Waals surface area contributed by atoms with Crippen molar-refractivity contribution in [3.05, 3.63) is 52.8 Å². The number of esters is 1. The van der Waals surface area contributed by atoms with Gasteiger partial charge in [0.05, 0.1) is 33.5 Å². The van der Waals surface area contributed by atoms with Crippen LogP contribution in [0.2, 0.25) is 10.0 Å². The SMILES string of the molecule is CCOC(=O)C1CCN(c2ncnc3cccc(-c4ccc(Cl)c(Cl)c4)c23)CC1. The number of rotatable bonds is 4. The summed E-state index contributed by atoms with van der Waals surface area (Å²) in [5.41, 5.74) is 2.83. The third-order valence-corrected chi connectivity index (χ3v) is 6.03. The minimum Gasteiger partial charge on any atom is -0.466 e. The van der Waals surface area contributed by atoms with E-state index >= 15 is 0 Å². The van der Waals surface area contributed by atoms with Crippen LogP contribution in [0.25, 0.3) is 22.0 Å². The smallest absolute Gasteiger partial charge is 0.309 e. The van der Waals surface area contributed by atoms with Crippen LogP contribution in [-0.2, 0) is 9.53 Å². The molecule has 1 saturated heterocycles. The van der Waals surface area contributed by atoms with Gasteiger partial charge in [0, 0.05) is 13.1 Å². The molecule has 7 heteroatoms. The molecule has 4 rings (SSSR count). The van der Waals surface area contributed by atoms with Crippen LogP contribution in [-0.4, -0.2) is 35.6 Å². The van der Waals surface area contributed by atoms with Gasteiger partial charge in [0.15, 0.2) is 0 Å². The number of carbonyl (C=O) groups excluding carboxylic acids is 1. The molecule has 0 bridgehead atoms. The number of anilines is 1. The average Bonchev–Trinajstić information content (AvgIpc) is 2.75. The molecule has 0 atom stereocenters. The zero-order valence-electron chi connectivity index (χ0n) is 16.1. The van der Waals surface area contributed by atoms with E-state index in [9.17, 15) is 4.79 Å². The van der Waals surface area contributed by atoms with Gasteiger partial charge in [0.1, 0.15) is 12.1 Å². The molecule has 2 aromatic carbocycles. The molecule has 1 aliphatic rings. The van der Waals surface area contributed by atoms with Gasteiger partial charge in [-0.05, 0) is 49.1 Å². The standard InChI is InChI=1S/C22H21Cl2N3O2/c1-2-29-22(28)14-8-10-27(11-9-14)21-20-16(4-3-5-19(20)25-13-26-21)15-6-7-17(23)18(24)12-15/h3-7,12-14H,2,8-11H2,1H3. The van der Waals surface area contributed by atoms with Crippen LogP contribution in [0, 0.1) is 5.92 Å². The first kappa shape index (κ1) is 19.9. The van der Waals surface area contributed by atoms with Gasteiger partial charge in [-0.3, -0.25) is 4.79 Å². The first-order valence-electron chi connectivity index (χ1n) is 9.69. The summed E-state index contributed by atoms with van der Waals surface area (Å²) in [7, 11) is 0. The van der Waals surface area contributed by atoms with Crippen LogP contribution in [0.4, 0.5) is 5.82 Å². The lowest BCUT2D eigenvalue weighted by atomic mass is 9.96. The maximum Gasteiger partial charge on any atom is 0.309 e. The molecule has 0 radical (unpaired) electrons. The van der Waals surface area contributed by atoms with Gasteiger partial charge in [0.25, 0.3) is 0 Å². The molecule has 0 spiro atoms. The highest BCUT2D eigenvalue weighted by molar-refractivity contribution is 6.42. The monoisotopic (exact) mass is 429 g/mol. The maximum atomic E-state index is 12.1. The molecule has 1 aromatic heterocycles. The van der Waals surface area contributed by atoms with Crippen molar-refractivity contribution in [2.75, 3.05) is 24.6 Å². The lowest BCUT2D eigenvalue weighted by Crippen LogP contribution is -2.37. The van der Waals surface area contributed by atoms with Crippen LogP contribution in [0.15, 0.2) is 42.7 Å². The number of carbonyl (C=O) groups is 1. The van der Waals surface area contributed by atoms with Gasteiger partial charge < -0.3 is 9.64 Å². The molecule has 2 heterocycles. The van der Waals surface area contributed by atoms with E-state index in [0.717, 1.165) is 53.8 Å². The number of benzene rings is 2. The fraction of sp³-hybridized carbons (Fsp3) is 0.318. The van der Waals surface area contributed by atoms with Crippen LogP contribution < -0.4 is 4.90 Å². The molecule has 29 heavy (non-hydrogen) atoms. The second kappa shape index (κ2) is 8.56. The third kappa shape index (κ3) is 4.02. The molecule has 0 unspecified atom stereocenters. The van der Waals surface area contributed by atoms with E-state index in [1.807, 2.05) is 37.3 Å². The molecule has 0 amide bonds. The van der Waals surface area contributed by atoms with E-state index < -0.39 is 0 Å². The zero-order chi connectivity index (χ0) is 20.4. The van der Waals surface area contributed by atoms with Gasteiger partial charge in [-0.25, -0.2) is 9.97 Å². The van der Waals surface area contributed by atoms with E-state index in [0.29, 0.717) is 16.7 Å². The van der Waals surface area contributed by atoms with Crippen molar-refractivity contribution in [3.8, 4) is 11.1 Å². The predicted octanol–water partition coefficient (Wildman–Crippen LogP) is 5.38. The summed E-state index contributed by atoms with van der Waals surface area (Å²) in [6, 6.07) is 11.6. The maximum absolute atomic E-state index is 12.1. The topological polar surface area (TPSA) is 55.3 Å². The highest BCUT2D eigenvalue weighted by atomic mass is 35.5.